The summed E-state index contributed by atoms with van der Waals surface area (Å²) in [6.07, 6.45) is 8.03. The average molecular weight is 702 g/mol. The molecule has 0 aromatic heterocycles. The fourth-order valence-electron chi connectivity index (χ4n) is 10.6. The molecule has 0 fully saturated rings. The van der Waals surface area contributed by atoms with Crippen LogP contribution in [0.5, 0.6) is 0 Å². The number of hydrogen-bond acceptors (Lipinski definition) is 1. The lowest BCUT2D eigenvalue weighted by atomic mass is 9.50. The number of allylic oxidation sites excluding steroid dienone is 4. The molecule has 3 aliphatic carbocycles. The second-order valence-corrected chi connectivity index (χ2v) is 15.1. The number of nitrogens with zero attached hydrogens (tertiary/aromatic N) is 1. The third-order valence-electron chi connectivity index (χ3n) is 12.6. The zero-order valence-electron chi connectivity index (χ0n) is 30.5. The maximum atomic E-state index is 2.47. The van der Waals surface area contributed by atoms with E-state index in [-0.39, 0.29) is 11.3 Å². The van der Waals surface area contributed by atoms with Gasteiger partial charge in [-0.25, -0.2) is 0 Å². The summed E-state index contributed by atoms with van der Waals surface area (Å²) in [5.74, 6) is 0.289. The van der Waals surface area contributed by atoms with E-state index in [0.29, 0.717) is 0 Å². The molecule has 8 aromatic rings. The van der Waals surface area contributed by atoms with Gasteiger partial charge in [0.25, 0.3) is 0 Å². The van der Waals surface area contributed by atoms with Gasteiger partial charge in [-0.1, -0.05) is 188 Å². The summed E-state index contributed by atoms with van der Waals surface area (Å²) in [7, 11) is 0. The van der Waals surface area contributed by atoms with Crippen LogP contribution in [-0.2, 0) is 10.8 Å². The molecule has 55 heavy (non-hydrogen) atoms. The summed E-state index contributed by atoms with van der Waals surface area (Å²) >= 11 is 0. The molecule has 1 heteroatoms. The number of benzene rings is 8. The molecule has 8 aromatic carbocycles. The van der Waals surface area contributed by atoms with Crippen LogP contribution in [-0.4, -0.2) is 0 Å². The van der Waals surface area contributed by atoms with E-state index in [1.54, 1.807) is 0 Å². The van der Waals surface area contributed by atoms with E-state index in [2.05, 4.69) is 223 Å². The van der Waals surface area contributed by atoms with Crippen molar-refractivity contribution in [2.45, 2.75) is 17.3 Å². The van der Waals surface area contributed by atoms with Crippen molar-refractivity contribution >= 4 is 33.4 Å². The Morgan fingerprint density at radius 1 is 0.473 bits per heavy atom. The highest BCUT2D eigenvalue weighted by Crippen LogP contribution is 2.67. The first kappa shape index (κ1) is 31.8. The van der Waals surface area contributed by atoms with Crippen LogP contribution in [0.25, 0.3) is 16.3 Å². The zero-order chi connectivity index (χ0) is 36.4. The van der Waals surface area contributed by atoms with Gasteiger partial charge >= 0.3 is 0 Å². The molecule has 0 amide bonds. The lowest BCUT2D eigenvalue weighted by Gasteiger charge is -2.51. The lowest BCUT2D eigenvalue weighted by Crippen LogP contribution is -2.46. The molecule has 0 radical (unpaired) electrons. The van der Waals surface area contributed by atoms with Crippen molar-refractivity contribution in [3.63, 3.8) is 0 Å². The third-order valence-corrected chi connectivity index (χ3v) is 12.6. The number of fused-ring (bicyclic) bond motifs is 6. The van der Waals surface area contributed by atoms with Gasteiger partial charge in [0.15, 0.2) is 0 Å². The first-order valence-electron chi connectivity index (χ1n) is 19.5. The normalized spacial score (nSPS) is 20.3. The van der Waals surface area contributed by atoms with E-state index in [1.807, 2.05) is 0 Å². The Kier molecular flexibility index (Phi) is 7.19. The van der Waals surface area contributed by atoms with Crippen molar-refractivity contribution in [2.24, 2.45) is 5.92 Å². The molecule has 3 unspecified atom stereocenters. The molecule has 0 bridgehead atoms. The van der Waals surface area contributed by atoms with Crippen LogP contribution in [0.15, 0.2) is 218 Å². The summed E-state index contributed by atoms with van der Waals surface area (Å²) in [6.45, 7) is 0. The van der Waals surface area contributed by atoms with E-state index in [1.165, 1.54) is 60.9 Å². The molecule has 3 aliphatic rings. The summed E-state index contributed by atoms with van der Waals surface area (Å²) in [5.41, 5.74) is 14.7. The van der Waals surface area contributed by atoms with Gasteiger partial charge in [0.2, 0.25) is 0 Å². The summed E-state index contributed by atoms with van der Waals surface area (Å²) in [5, 5.41) is 2.44. The first-order chi connectivity index (χ1) is 27.3. The molecule has 0 aliphatic heterocycles. The molecule has 0 spiro atoms. The molecule has 0 saturated heterocycles. The van der Waals surface area contributed by atoms with Crippen LogP contribution in [0.3, 0.4) is 0 Å². The van der Waals surface area contributed by atoms with Crippen LogP contribution < -0.4 is 4.90 Å². The molecule has 11 rings (SSSR count). The maximum absolute atomic E-state index is 2.47. The van der Waals surface area contributed by atoms with E-state index in [0.717, 1.165) is 23.5 Å². The van der Waals surface area contributed by atoms with Crippen molar-refractivity contribution in [3.05, 3.63) is 263 Å². The molecule has 0 heterocycles. The Bertz CT molecular complexity index is 2790. The van der Waals surface area contributed by atoms with Gasteiger partial charge in [0.05, 0.1) is 16.5 Å². The quantitative estimate of drug-likeness (QED) is 0.167. The van der Waals surface area contributed by atoms with Crippen molar-refractivity contribution in [2.75, 3.05) is 4.90 Å². The number of hydrogen-bond donors (Lipinski definition) is 0. The van der Waals surface area contributed by atoms with E-state index in [9.17, 15) is 0 Å². The minimum Gasteiger partial charge on any atom is -0.310 e. The smallest absolute Gasteiger partial charge is 0.0708 e. The predicted molar refractivity (Wildman–Crippen MR) is 228 cm³/mol. The monoisotopic (exact) mass is 701 g/mol. The largest absolute Gasteiger partial charge is 0.310 e. The Labute approximate surface area is 323 Å². The van der Waals surface area contributed by atoms with Crippen LogP contribution >= 0.6 is 0 Å². The highest BCUT2D eigenvalue weighted by Gasteiger charge is 2.60. The van der Waals surface area contributed by atoms with Gasteiger partial charge in [0.1, 0.15) is 0 Å². The van der Waals surface area contributed by atoms with Crippen LogP contribution in [0, 0.1) is 5.92 Å². The Hall–Kier alpha value is -6.70. The van der Waals surface area contributed by atoms with E-state index in [4.69, 9.17) is 0 Å². The second-order valence-electron chi connectivity index (χ2n) is 15.1. The summed E-state index contributed by atoms with van der Waals surface area (Å²) < 4.78 is 0. The third kappa shape index (κ3) is 4.41. The van der Waals surface area contributed by atoms with Gasteiger partial charge in [-0.15, -0.1) is 0 Å². The zero-order valence-corrected chi connectivity index (χ0v) is 30.5. The Morgan fingerprint density at radius 3 is 1.89 bits per heavy atom. The second kappa shape index (κ2) is 12.4. The molecule has 260 valence electrons. The van der Waals surface area contributed by atoms with Gasteiger partial charge in [0, 0.05) is 22.7 Å². The topological polar surface area (TPSA) is 3.24 Å². The maximum Gasteiger partial charge on any atom is 0.0708 e. The van der Waals surface area contributed by atoms with Gasteiger partial charge < -0.3 is 4.90 Å². The van der Waals surface area contributed by atoms with Crippen molar-refractivity contribution in [1.29, 1.82) is 0 Å². The predicted octanol–water partition coefficient (Wildman–Crippen LogP) is 13.3. The van der Waals surface area contributed by atoms with E-state index >= 15 is 0 Å². The summed E-state index contributed by atoms with van der Waals surface area (Å²) in [6, 6.07) is 74.7. The Balaban J connectivity index is 1.26. The molecule has 3 atom stereocenters. The van der Waals surface area contributed by atoms with Crippen molar-refractivity contribution in [1.82, 2.24) is 0 Å². The molecular weight excluding hydrogens is 663 g/mol. The van der Waals surface area contributed by atoms with Crippen LogP contribution in [0.1, 0.15) is 50.9 Å². The average Bonchev–Trinajstić information content (AvgIpc) is 3.57. The highest BCUT2D eigenvalue weighted by atomic mass is 15.1. The Morgan fingerprint density at radius 2 is 1.07 bits per heavy atom. The minimum atomic E-state index is -0.597. The SMILES string of the molecule is C1=CCC2C(=C1)c1cccc3c1C2(c1ccccc1)c1ccccc1C3(c1ccccc1)c1cccc(N(c2ccccc2)c2cccc3ccccc23)c1. The van der Waals surface area contributed by atoms with Crippen LogP contribution in [0.2, 0.25) is 0 Å². The minimum absolute atomic E-state index is 0.289. The molecule has 0 saturated carbocycles. The number of anilines is 3. The molecule has 0 N–H and O–H groups in total. The fraction of sp³-hybridized carbons (Fsp3) is 0.0741. The van der Waals surface area contributed by atoms with E-state index < -0.39 is 5.41 Å². The summed E-state index contributed by atoms with van der Waals surface area (Å²) in [4.78, 5) is 2.44. The fourth-order valence-corrected chi connectivity index (χ4v) is 10.6. The van der Waals surface area contributed by atoms with Crippen LogP contribution in [0.4, 0.5) is 17.1 Å². The van der Waals surface area contributed by atoms with Gasteiger partial charge in [-0.3, -0.25) is 0 Å². The molecule has 1 nitrogen and oxygen atoms in total. The number of rotatable bonds is 6. The lowest BCUT2D eigenvalue weighted by molar-refractivity contribution is 0.454. The van der Waals surface area contributed by atoms with Gasteiger partial charge in [-0.05, 0) is 92.2 Å². The van der Waals surface area contributed by atoms with Crippen molar-refractivity contribution < 1.29 is 0 Å². The first-order valence-corrected chi connectivity index (χ1v) is 19.5. The number of para-hydroxylation sites is 1. The standard InChI is InChI=1S/C54H39N/c1-4-21-39(22-5-1)53(41-25-17-28-43(37-41)55(42-26-8-3-9-27-42)51-36-16-20-38-19-10-11-29-44(38)51)48-33-14-15-34-49(48)54(40-23-6-2-7-24-40)47-32-13-12-30-45(47)46-31-18-35-50(53)52(46)54/h1-31,33-37,47H,32H2. The highest BCUT2D eigenvalue weighted by molar-refractivity contribution is 5.99. The van der Waals surface area contributed by atoms with Crippen molar-refractivity contribution in [3.8, 4) is 0 Å². The van der Waals surface area contributed by atoms with Gasteiger partial charge in [-0.2, -0.15) is 0 Å². The molecular formula is C54H39N.